The van der Waals surface area contributed by atoms with Gasteiger partial charge in [0.15, 0.2) is 0 Å². The van der Waals surface area contributed by atoms with Crippen molar-refractivity contribution in [1.82, 2.24) is 9.38 Å². The second-order valence-corrected chi connectivity index (χ2v) is 3.98. The smallest absolute Gasteiger partial charge is 0.137 e. The van der Waals surface area contributed by atoms with E-state index in [0.717, 1.165) is 18.2 Å². The van der Waals surface area contributed by atoms with Crippen LogP contribution >= 0.6 is 0 Å². The summed E-state index contributed by atoms with van der Waals surface area (Å²) in [6, 6.07) is 6.71. The van der Waals surface area contributed by atoms with Crippen LogP contribution in [0.25, 0.3) is 16.9 Å². The number of fused-ring (bicyclic) bond motifs is 1. The molecule has 0 amide bonds. The van der Waals surface area contributed by atoms with Crippen LogP contribution in [0.3, 0.4) is 0 Å². The van der Waals surface area contributed by atoms with Crippen LogP contribution in [0.5, 0.6) is 0 Å². The van der Waals surface area contributed by atoms with Crippen molar-refractivity contribution in [3.05, 3.63) is 54.4 Å². The lowest BCUT2D eigenvalue weighted by atomic mass is 10.1. The van der Waals surface area contributed by atoms with Crippen molar-refractivity contribution in [2.45, 2.75) is 0 Å². The topological polar surface area (TPSA) is 43.3 Å². The second-order valence-electron chi connectivity index (χ2n) is 3.98. The number of halogens is 2. The molecule has 5 heteroatoms. The molecular formula is C13H9F2N3. The SMILES string of the molecule is Nc1ccc2nc(-c3cc(F)ccc3F)cn2c1. The van der Waals surface area contributed by atoms with Gasteiger partial charge in [-0.25, -0.2) is 13.8 Å². The van der Waals surface area contributed by atoms with Gasteiger partial charge < -0.3 is 10.1 Å². The quantitative estimate of drug-likeness (QED) is 0.716. The van der Waals surface area contributed by atoms with Crippen LogP contribution in [0, 0.1) is 11.6 Å². The van der Waals surface area contributed by atoms with E-state index in [1.807, 2.05) is 0 Å². The first kappa shape index (κ1) is 10.7. The first-order valence-corrected chi connectivity index (χ1v) is 5.33. The molecule has 0 aliphatic rings. The van der Waals surface area contributed by atoms with Crippen molar-refractivity contribution in [3.8, 4) is 11.3 Å². The number of nitrogens with zero attached hydrogens (tertiary/aromatic N) is 2. The van der Waals surface area contributed by atoms with E-state index >= 15 is 0 Å². The Morgan fingerprint density at radius 1 is 1.06 bits per heavy atom. The lowest BCUT2D eigenvalue weighted by molar-refractivity contribution is 0.603. The molecule has 2 N–H and O–H groups in total. The van der Waals surface area contributed by atoms with Crippen molar-refractivity contribution < 1.29 is 8.78 Å². The first-order valence-electron chi connectivity index (χ1n) is 5.33. The van der Waals surface area contributed by atoms with E-state index in [4.69, 9.17) is 5.73 Å². The van der Waals surface area contributed by atoms with Gasteiger partial charge in [0, 0.05) is 23.6 Å². The highest BCUT2D eigenvalue weighted by atomic mass is 19.1. The minimum atomic E-state index is -0.507. The van der Waals surface area contributed by atoms with E-state index < -0.39 is 11.6 Å². The molecule has 0 saturated heterocycles. The highest BCUT2D eigenvalue weighted by molar-refractivity contribution is 5.64. The maximum atomic E-state index is 13.6. The number of pyridine rings is 1. The molecule has 1 aromatic carbocycles. The zero-order valence-corrected chi connectivity index (χ0v) is 9.27. The lowest BCUT2D eigenvalue weighted by Gasteiger charge is -1.98. The van der Waals surface area contributed by atoms with Gasteiger partial charge in [0.1, 0.15) is 17.3 Å². The largest absolute Gasteiger partial charge is 0.398 e. The highest BCUT2D eigenvalue weighted by Crippen LogP contribution is 2.23. The summed E-state index contributed by atoms with van der Waals surface area (Å²) in [6.07, 6.45) is 3.28. The fourth-order valence-electron chi connectivity index (χ4n) is 1.83. The normalized spacial score (nSPS) is 11.0. The van der Waals surface area contributed by atoms with E-state index in [1.165, 1.54) is 0 Å². The maximum Gasteiger partial charge on any atom is 0.137 e. The standard InChI is InChI=1S/C13H9F2N3/c14-8-1-3-11(15)10(5-8)12-7-18-6-9(16)2-4-13(18)17-12/h1-7H,16H2. The molecule has 0 aliphatic carbocycles. The molecule has 2 heterocycles. The number of rotatable bonds is 1. The highest BCUT2D eigenvalue weighted by Gasteiger charge is 2.10. The number of nitrogens with two attached hydrogens (primary N) is 1. The van der Waals surface area contributed by atoms with Crippen LogP contribution in [0.1, 0.15) is 0 Å². The minimum absolute atomic E-state index is 0.136. The molecule has 2 aromatic heterocycles. The molecule has 0 bridgehead atoms. The molecule has 0 unspecified atom stereocenters. The summed E-state index contributed by atoms with van der Waals surface area (Å²) in [5.41, 5.74) is 7.36. The molecule has 0 aliphatic heterocycles. The zero-order chi connectivity index (χ0) is 12.7. The van der Waals surface area contributed by atoms with Crippen molar-refractivity contribution in [1.29, 1.82) is 0 Å². The first-order chi connectivity index (χ1) is 8.63. The van der Waals surface area contributed by atoms with Crippen LogP contribution in [0.4, 0.5) is 14.5 Å². The van der Waals surface area contributed by atoms with Gasteiger partial charge in [0.25, 0.3) is 0 Å². The van der Waals surface area contributed by atoms with Crippen LogP contribution in [0.15, 0.2) is 42.7 Å². The van der Waals surface area contributed by atoms with Gasteiger partial charge in [-0.3, -0.25) is 0 Å². The fourth-order valence-corrected chi connectivity index (χ4v) is 1.83. The average Bonchev–Trinajstić information content (AvgIpc) is 2.74. The van der Waals surface area contributed by atoms with E-state index in [2.05, 4.69) is 4.98 Å². The summed E-state index contributed by atoms with van der Waals surface area (Å²) < 4.78 is 28.4. The molecule has 0 saturated carbocycles. The average molecular weight is 245 g/mol. The van der Waals surface area contributed by atoms with Gasteiger partial charge in [-0.05, 0) is 30.3 Å². The lowest BCUT2D eigenvalue weighted by Crippen LogP contribution is -1.88. The number of nitrogen functional groups attached to an aromatic ring is 1. The summed E-state index contributed by atoms with van der Waals surface area (Å²) in [5, 5.41) is 0. The maximum absolute atomic E-state index is 13.6. The summed E-state index contributed by atoms with van der Waals surface area (Å²) in [6.45, 7) is 0. The van der Waals surface area contributed by atoms with E-state index in [-0.39, 0.29) is 5.56 Å². The van der Waals surface area contributed by atoms with Gasteiger partial charge in [-0.15, -0.1) is 0 Å². The molecule has 0 radical (unpaired) electrons. The number of hydrogen-bond donors (Lipinski definition) is 1. The number of anilines is 1. The molecule has 90 valence electrons. The van der Waals surface area contributed by atoms with E-state index in [1.54, 1.807) is 28.9 Å². The van der Waals surface area contributed by atoms with E-state index in [0.29, 0.717) is 17.0 Å². The van der Waals surface area contributed by atoms with Gasteiger partial charge >= 0.3 is 0 Å². The Bertz CT molecular complexity index is 734. The third-order valence-electron chi connectivity index (χ3n) is 2.68. The van der Waals surface area contributed by atoms with Crippen molar-refractivity contribution >= 4 is 11.3 Å². The molecule has 3 aromatic rings. The molecule has 3 nitrogen and oxygen atoms in total. The van der Waals surface area contributed by atoms with Crippen molar-refractivity contribution in [2.75, 3.05) is 5.73 Å². The van der Waals surface area contributed by atoms with Crippen LogP contribution in [-0.4, -0.2) is 9.38 Å². The second kappa shape index (κ2) is 3.80. The number of hydrogen-bond acceptors (Lipinski definition) is 2. The third-order valence-corrected chi connectivity index (χ3v) is 2.68. The zero-order valence-electron chi connectivity index (χ0n) is 9.27. The molecule has 18 heavy (non-hydrogen) atoms. The molecule has 0 atom stereocenters. The summed E-state index contributed by atoms with van der Waals surface area (Å²) >= 11 is 0. The van der Waals surface area contributed by atoms with Gasteiger partial charge in [0.2, 0.25) is 0 Å². The summed E-state index contributed by atoms with van der Waals surface area (Å²) in [7, 11) is 0. The van der Waals surface area contributed by atoms with Crippen LogP contribution < -0.4 is 5.73 Å². The van der Waals surface area contributed by atoms with Crippen LogP contribution in [0.2, 0.25) is 0 Å². The molecular weight excluding hydrogens is 236 g/mol. The van der Waals surface area contributed by atoms with Gasteiger partial charge in [-0.2, -0.15) is 0 Å². The summed E-state index contributed by atoms with van der Waals surface area (Å²) in [4.78, 5) is 4.23. The van der Waals surface area contributed by atoms with E-state index in [9.17, 15) is 8.78 Å². The monoisotopic (exact) mass is 245 g/mol. The van der Waals surface area contributed by atoms with Gasteiger partial charge in [0.05, 0.1) is 5.69 Å². The predicted molar refractivity (Wildman–Crippen MR) is 65.0 cm³/mol. The van der Waals surface area contributed by atoms with Crippen LogP contribution in [-0.2, 0) is 0 Å². The summed E-state index contributed by atoms with van der Waals surface area (Å²) in [5.74, 6) is -1.00. The number of aromatic nitrogens is 2. The number of benzene rings is 1. The fraction of sp³-hybridized carbons (Fsp3) is 0. The molecule has 3 rings (SSSR count). The molecule has 0 spiro atoms. The Morgan fingerprint density at radius 2 is 1.89 bits per heavy atom. The van der Waals surface area contributed by atoms with Crippen molar-refractivity contribution in [2.24, 2.45) is 0 Å². The Balaban J connectivity index is 2.22. The Kier molecular flexibility index (Phi) is 2.26. The third kappa shape index (κ3) is 1.69. The predicted octanol–water partition coefficient (Wildman–Crippen LogP) is 2.86. The molecule has 0 fully saturated rings. The minimum Gasteiger partial charge on any atom is -0.398 e. The Morgan fingerprint density at radius 3 is 2.72 bits per heavy atom. The van der Waals surface area contributed by atoms with Gasteiger partial charge in [-0.1, -0.05) is 0 Å². The number of imidazole rings is 1. The van der Waals surface area contributed by atoms with Crippen molar-refractivity contribution in [3.63, 3.8) is 0 Å². The Hall–Kier alpha value is -2.43. The Labute approximate surface area is 101 Å².